The van der Waals surface area contributed by atoms with E-state index in [1.165, 1.54) is 6.42 Å². The highest BCUT2D eigenvalue weighted by Gasteiger charge is 2.29. The first kappa shape index (κ1) is 14.1. The monoisotopic (exact) mass is 260 g/mol. The van der Waals surface area contributed by atoms with Crippen molar-refractivity contribution in [2.24, 2.45) is 5.73 Å². The Kier molecular flexibility index (Phi) is 4.97. The molecule has 0 bridgehead atoms. The van der Waals surface area contributed by atoms with Gasteiger partial charge in [-0.05, 0) is 50.3 Å². The van der Waals surface area contributed by atoms with Crippen molar-refractivity contribution in [2.75, 3.05) is 13.1 Å². The van der Waals surface area contributed by atoms with Gasteiger partial charge in [0, 0.05) is 18.2 Å². The molecule has 0 heterocycles. The van der Waals surface area contributed by atoms with Gasteiger partial charge in [-0.1, -0.05) is 25.1 Å². The Labute approximate surface area is 115 Å². The van der Waals surface area contributed by atoms with E-state index in [2.05, 4.69) is 13.0 Å². The summed E-state index contributed by atoms with van der Waals surface area (Å²) in [6.45, 7) is 3.53. The van der Waals surface area contributed by atoms with Crippen molar-refractivity contribution in [2.45, 2.75) is 45.1 Å². The summed E-state index contributed by atoms with van der Waals surface area (Å²) in [6, 6.07) is 8.39. The predicted molar refractivity (Wildman–Crippen MR) is 78.2 cm³/mol. The smallest absolute Gasteiger partial charge is 0.254 e. The maximum atomic E-state index is 12.7. The van der Waals surface area contributed by atoms with Crippen molar-refractivity contribution in [3.05, 3.63) is 35.4 Å². The molecule has 0 saturated heterocycles. The van der Waals surface area contributed by atoms with Crippen LogP contribution in [-0.2, 0) is 6.42 Å². The molecule has 3 heteroatoms. The largest absolute Gasteiger partial charge is 0.336 e. The molecule has 0 aromatic heterocycles. The van der Waals surface area contributed by atoms with Gasteiger partial charge in [0.1, 0.15) is 0 Å². The highest BCUT2D eigenvalue weighted by Crippen LogP contribution is 2.27. The van der Waals surface area contributed by atoms with Crippen LogP contribution in [0.3, 0.4) is 0 Å². The number of hydrogen-bond donors (Lipinski definition) is 1. The van der Waals surface area contributed by atoms with E-state index in [1.807, 2.05) is 23.1 Å². The Balaban J connectivity index is 2.17. The summed E-state index contributed by atoms with van der Waals surface area (Å²) < 4.78 is 0. The number of hydrogen-bond acceptors (Lipinski definition) is 2. The molecule has 1 aromatic carbocycles. The Morgan fingerprint density at radius 2 is 2.11 bits per heavy atom. The first-order valence-electron chi connectivity index (χ1n) is 7.36. The van der Waals surface area contributed by atoms with Gasteiger partial charge in [-0.3, -0.25) is 4.79 Å². The summed E-state index contributed by atoms with van der Waals surface area (Å²) in [7, 11) is 0. The van der Waals surface area contributed by atoms with Crippen molar-refractivity contribution < 1.29 is 4.79 Å². The van der Waals surface area contributed by atoms with Crippen LogP contribution in [0.2, 0.25) is 0 Å². The van der Waals surface area contributed by atoms with E-state index in [0.717, 1.165) is 43.4 Å². The Hall–Kier alpha value is -1.35. The number of nitrogens with zero attached hydrogens (tertiary/aromatic N) is 1. The van der Waals surface area contributed by atoms with Crippen molar-refractivity contribution in [3.8, 4) is 0 Å². The minimum atomic E-state index is 0.190. The van der Waals surface area contributed by atoms with Crippen LogP contribution in [0.4, 0.5) is 0 Å². The second kappa shape index (κ2) is 6.71. The molecule has 1 fully saturated rings. The number of aryl methyl sites for hydroxylation is 1. The standard InChI is InChI=1S/C16H24N2O/c1-2-13-7-3-4-10-15(13)16(19)18(12-6-11-17)14-8-5-9-14/h3-4,7,10,14H,2,5-6,8-9,11-12,17H2,1H3. The number of benzene rings is 1. The van der Waals surface area contributed by atoms with Crippen molar-refractivity contribution >= 4 is 5.91 Å². The molecule has 0 radical (unpaired) electrons. The molecular weight excluding hydrogens is 236 g/mol. The second-order valence-corrected chi connectivity index (χ2v) is 5.24. The normalized spacial score (nSPS) is 15.1. The fraction of sp³-hybridized carbons (Fsp3) is 0.562. The number of carbonyl (C=O) groups excluding carboxylic acids is 1. The summed E-state index contributed by atoms with van der Waals surface area (Å²) in [4.78, 5) is 14.8. The van der Waals surface area contributed by atoms with Gasteiger partial charge in [-0.2, -0.15) is 0 Å². The highest BCUT2D eigenvalue weighted by atomic mass is 16.2. The van der Waals surface area contributed by atoms with Gasteiger partial charge in [0.25, 0.3) is 5.91 Å². The van der Waals surface area contributed by atoms with Gasteiger partial charge < -0.3 is 10.6 Å². The summed E-state index contributed by atoms with van der Waals surface area (Å²) in [5, 5.41) is 0. The lowest BCUT2D eigenvalue weighted by atomic mass is 9.90. The van der Waals surface area contributed by atoms with Crippen LogP contribution in [0.25, 0.3) is 0 Å². The molecule has 0 aliphatic heterocycles. The molecule has 0 atom stereocenters. The molecule has 1 aliphatic rings. The minimum Gasteiger partial charge on any atom is -0.336 e. The van der Waals surface area contributed by atoms with E-state index in [1.54, 1.807) is 0 Å². The molecule has 104 valence electrons. The zero-order chi connectivity index (χ0) is 13.7. The number of rotatable bonds is 6. The molecule has 1 aliphatic carbocycles. The fourth-order valence-electron chi connectivity index (χ4n) is 2.60. The van der Waals surface area contributed by atoms with Gasteiger partial charge >= 0.3 is 0 Å². The fourth-order valence-corrected chi connectivity index (χ4v) is 2.60. The first-order chi connectivity index (χ1) is 9.27. The van der Waals surface area contributed by atoms with Crippen LogP contribution < -0.4 is 5.73 Å². The lowest BCUT2D eigenvalue weighted by molar-refractivity contribution is 0.0577. The third-order valence-corrected chi connectivity index (χ3v) is 4.01. The van der Waals surface area contributed by atoms with E-state index >= 15 is 0 Å². The van der Waals surface area contributed by atoms with Crippen LogP contribution in [0.15, 0.2) is 24.3 Å². The minimum absolute atomic E-state index is 0.190. The zero-order valence-electron chi connectivity index (χ0n) is 11.8. The van der Waals surface area contributed by atoms with Gasteiger partial charge in [-0.25, -0.2) is 0 Å². The molecular formula is C16H24N2O. The average molecular weight is 260 g/mol. The van der Waals surface area contributed by atoms with Crippen LogP contribution in [0, 0.1) is 0 Å². The van der Waals surface area contributed by atoms with Gasteiger partial charge in [0.15, 0.2) is 0 Å². The van der Waals surface area contributed by atoms with Crippen LogP contribution in [-0.4, -0.2) is 29.9 Å². The predicted octanol–water partition coefficient (Wildman–Crippen LogP) is 2.59. The number of nitrogens with two attached hydrogens (primary N) is 1. The molecule has 19 heavy (non-hydrogen) atoms. The SMILES string of the molecule is CCc1ccccc1C(=O)N(CCCN)C1CCC1. The lowest BCUT2D eigenvalue weighted by Crippen LogP contribution is -2.45. The van der Waals surface area contributed by atoms with Crippen molar-refractivity contribution in [1.29, 1.82) is 0 Å². The topological polar surface area (TPSA) is 46.3 Å². The number of amides is 1. The van der Waals surface area contributed by atoms with Gasteiger partial charge in [0.05, 0.1) is 0 Å². The highest BCUT2D eigenvalue weighted by molar-refractivity contribution is 5.96. The van der Waals surface area contributed by atoms with E-state index in [-0.39, 0.29) is 5.91 Å². The van der Waals surface area contributed by atoms with Crippen LogP contribution in [0.5, 0.6) is 0 Å². The van der Waals surface area contributed by atoms with E-state index in [4.69, 9.17) is 5.73 Å². The molecule has 2 N–H and O–H groups in total. The molecule has 0 spiro atoms. The van der Waals surface area contributed by atoms with Crippen molar-refractivity contribution in [1.82, 2.24) is 4.90 Å². The van der Waals surface area contributed by atoms with Crippen LogP contribution in [0.1, 0.15) is 48.5 Å². The maximum Gasteiger partial charge on any atom is 0.254 e. The Morgan fingerprint density at radius 3 is 2.68 bits per heavy atom. The van der Waals surface area contributed by atoms with Crippen LogP contribution >= 0.6 is 0 Å². The van der Waals surface area contributed by atoms with E-state index in [0.29, 0.717) is 12.6 Å². The first-order valence-corrected chi connectivity index (χ1v) is 7.36. The average Bonchev–Trinajstić information content (AvgIpc) is 2.40. The quantitative estimate of drug-likeness (QED) is 0.854. The third kappa shape index (κ3) is 3.16. The van der Waals surface area contributed by atoms with E-state index in [9.17, 15) is 4.79 Å². The number of carbonyl (C=O) groups is 1. The summed E-state index contributed by atoms with van der Waals surface area (Å²) in [6.07, 6.45) is 5.32. The molecule has 3 nitrogen and oxygen atoms in total. The van der Waals surface area contributed by atoms with Crippen molar-refractivity contribution in [3.63, 3.8) is 0 Å². The molecule has 1 saturated carbocycles. The summed E-state index contributed by atoms with van der Waals surface area (Å²) >= 11 is 0. The summed E-state index contributed by atoms with van der Waals surface area (Å²) in [5.74, 6) is 0.190. The molecule has 1 aromatic rings. The molecule has 1 amide bonds. The summed E-state index contributed by atoms with van der Waals surface area (Å²) in [5.41, 5.74) is 7.61. The van der Waals surface area contributed by atoms with Gasteiger partial charge in [-0.15, -0.1) is 0 Å². The maximum absolute atomic E-state index is 12.7. The zero-order valence-corrected chi connectivity index (χ0v) is 11.8. The molecule has 0 unspecified atom stereocenters. The Bertz CT molecular complexity index is 427. The second-order valence-electron chi connectivity index (χ2n) is 5.24. The van der Waals surface area contributed by atoms with Gasteiger partial charge in [0.2, 0.25) is 0 Å². The Morgan fingerprint density at radius 1 is 1.37 bits per heavy atom. The third-order valence-electron chi connectivity index (χ3n) is 4.01. The lowest BCUT2D eigenvalue weighted by Gasteiger charge is -2.38. The molecule has 2 rings (SSSR count). The van der Waals surface area contributed by atoms with E-state index < -0.39 is 0 Å².